The number of hydrogen-bond acceptors (Lipinski definition) is 2. The minimum absolute atomic E-state index is 0.402. The Hall–Kier alpha value is -1.13. The summed E-state index contributed by atoms with van der Waals surface area (Å²) in [6.45, 7) is 7.49. The van der Waals surface area contributed by atoms with Gasteiger partial charge in [-0.3, -0.25) is 0 Å². The second-order valence-electron chi connectivity index (χ2n) is 5.51. The van der Waals surface area contributed by atoms with Crippen LogP contribution < -0.4 is 5.32 Å². The zero-order chi connectivity index (χ0) is 14.7. The molecule has 2 rings (SSSR count). The molecule has 0 spiro atoms. The van der Waals surface area contributed by atoms with Gasteiger partial charge in [-0.25, -0.2) is 4.98 Å². The number of nitrogens with zero attached hydrogens (tertiary/aromatic N) is 1. The molecule has 20 heavy (non-hydrogen) atoms. The predicted molar refractivity (Wildman–Crippen MR) is 88.0 cm³/mol. The topological polar surface area (TPSA) is 40.7 Å². The first kappa shape index (κ1) is 15.3. The Bertz CT molecular complexity index is 575. The molecule has 1 atom stereocenters. The summed E-state index contributed by atoms with van der Waals surface area (Å²) in [7, 11) is 1.99. The van der Waals surface area contributed by atoms with Gasteiger partial charge in [-0.2, -0.15) is 0 Å². The first-order valence-electron chi connectivity index (χ1n) is 7.00. The van der Waals surface area contributed by atoms with Gasteiger partial charge >= 0.3 is 0 Å². The van der Waals surface area contributed by atoms with Gasteiger partial charge in [0.2, 0.25) is 0 Å². The van der Waals surface area contributed by atoms with Crippen molar-refractivity contribution in [2.45, 2.75) is 26.7 Å². The number of likely N-dealkylation sites (N-methyl/N-ethyl adjacent to an activating group) is 1. The van der Waals surface area contributed by atoms with Crippen molar-refractivity contribution < 1.29 is 0 Å². The van der Waals surface area contributed by atoms with Crippen LogP contribution in [0.1, 0.15) is 31.3 Å². The van der Waals surface area contributed by atoms with Gasteiger partial charge < -0.3 is 10.3 Å². The second-order valence-corrected chi connectivity index (χ2v) is 6.43. The van der Waals surface area contributed by atoms with E-state index in [1.807, 2.05) is 19.2 Å². The molecule has 0 aliphatic rings. The molecule has 0 bridgehead atoms. The van der Waals surface area contributed by atoms with Gasteiger partial charge in [-0.1, -0.05) is 41.9 Å². The first-order valence-corrected chi connectivity index (χ1v) is 7.79. The first-order chi connectivity index (χ1) is 9.52. The lowest BCUT2D eigenvalue weighted by Crippen LogP contribution is -2.22. The number of aromatic amines is 1. The molecule has 1 aromatic carbocycles. The molecule has 1 heterocycles. The van der Waals surface area contributed by atoms with Crippen LogP contribution in [0.2, 0.25) is 0 Å². The monoisotopic (exact) mass is 335 g/mol. The van der Waals surface area contributed by atoms with Gasteiger partial charge in [0.05, 0.1) is 5.69 Å². The average Bonchev–Trinajstić information content (AvgIpc) is 2.77. The standard InChI is InChI=1S/C16H22BrN3/c1-10(2)14(9-18-4)16-19-11(3)15(20-16)12-6-5-7-13(17)8-12/h5-8,10,14,18H,9H2,1-4H3,(H,19,20). The number of aryl methyl sites for hydroxylation is 1. The van der Waals surface area contributed by atoms with Crippen LogP contribution >= 0.6 is 15.9 Å². The van der Waals surface area contributed by atoms with Crippen LogP contribution in [0.15, 0.2) is 28.7 Å². The summed E-state index contributed by atoms with van der Waals surface area (Å²) in [5, 5.41) is 3.26. The van der Waals surface area contributed by atoms with E-state index in [-0.39, 0.29) is 0 Å². The van der Waals surface area contributed by atoms with Crippen molar-refractivity contribution in [3.05, 3.63) is 40.3 Å². The van der Waals surface area contributed by atoms with Crippen molar-refractivity contribution in [2.24, 2.45) is 5.92 Å². The SMILES string of the molecule is CNCC(c1nc(-c2cccc(Br)c2)c(C)[nH]1)C(C)C. The smallest absolute Gasteiger partial charge is 0.111 e. The van der Waals surface area contributed by atoms with E-state index in [1.54, 1.807) is 0 Å². The van der Waals surface area contributed by atoms with E-state index in [0.717, 1.165) is 33.8 Å². The third-order valence-electron chi connectivity index (χ3n) is 3.58. The Balaban J connectivity index is 2.38. The summed E-state index contributed by atoms with van der Waals surface area (Å²) in [6, 6.07) is 8.28. The highest BCUT2D eigenvalue weighted by molar-refractivity contribution is 9.10. The molecule has 0 aliphatic heterocycles. The second kappa shape index (κ2) is 6.55. The number of benzene rings is 1. The minimum Gasteiger partial charge on any atom is -0.345 e. The van der Waals surface area contributed by atoms with E-state index in [9.17, 15) is 0 Å². The highest BCUT2D eigenvalue weighted by atomic mass is 79.9. The molecule has 0 fully saturated rings. The number of hydrogen-bond donors (Lipinski definition) is 2. The maximum atomic E-state index is 4.84. The minimum atomic E-state index is 0.402. The summed E-state index contributed by atoms with van der Waals surface area (Å²) in [4.78, 5) is 8.31. The van der Waals surface area contributed by atoms with Crippen LogP contribution in [0.4, 0.5) is 0 Å². The van der Waals surface area contributed by atoms with Gasteiger partial charge in [-0.15, -0.1) is 0 Å². The number of rotatable bonds is 5. The quantitative estimate of drug-likeness (QED) is 0.863. The molecule has 0 saturated heterocycles. The summed E-state index contributed by atoms with van der Waals surface area (Å²) < 4.78 is 1.08. The van der Waals surface area contributed by atoms with Gasteiger partial charge in [-0.05, 0) is 32.0 Å². The van der Waals surface area contributed by atoms with Crippen molar-refractivity contribution in [3.63, 3.8) is 0 Å². The molecule has 2 N–H and O–H groups in total. The summed E-state index contributed by atoms with van der Waals surface area (Å²) >= 11 is 3.52. The lowest BCUT2D eigenvalue weighted by molar-refractivity contribution is 0.461. The van der Waals surface area contributed by atoms with Crippen molar-refractivity contribution >= 4 is 15.9 Å². The fourth-order valence-electron chi connectivity index (χ4n) is 2.44. The predicted octanol–water partition coefficient (Wildman–Crippen LogP) is 4.11. The highest BCUT2D eigenvalue weighted by Crippen LogP contribution is 2.28. The lowest BCUT2D eigenvalue weighted by Gasteiger charge is -2.17. The molecule has 4 heteroatoms. The van der Waals surface area contributed by atoms with Crippen LogP contribution in [0.3, 0.4) is 0 Å². The summed E-state index contributed by atoms with van der Waals surface area (Å²) in [5.41, 5.74) is 3.31. The molecule has 0 radical (unpaired) electrons. The molecule has 3 nitrogen and oxygen atoms in total. The number of imidazole rings is 1. The molecular formula is C16H22BrN3. The molecule has 108 valence electrons. The zero-order valence-electron chi connectivity index (χ0n) is 12.5. The molecule has 0 amide bonds. The Morgan fingerprint density at radius 2 is 2.10 bits per heavy atom. The largest absolute Gasteiger partial charge is 0.345 e. The maximum absolute atomic E-state index is 4.84. The normalized spacial score (nSPS) is 12.9. The molecule has 0 saturated carbocycles. The van der Waals surface area contributed by atoms with Gasteiger partial charge in [0.15, 0.2) is 0 Å². The van der Waals surface area contributed by atoms with Crippen molar-refractivity contribution in [1.82, 2.24) is 15.3 Å². The van der Waals surface area contributed by atoms with Gasteiger partial charge in [0.25, 0.3) is 0 Å². The molecule has 0 aliphatic carbocycles. The van der Waals surface area contributed by atoms with Crippen LogP contribution in [0.25, 0.3) is 11.3 Å². The fraction of sp³-hybridized carbons (Fsp3) is 0.438. The van der Waals surface area contributed by atoms with Crippen LogP contribution in [0, 0.1) is 12.8 Å². The summed E-state index contributed by atoms with van der Waals surface area (Å²) in [6.07, 6.45) is 0. The third-order valence-corrected chi connectivity index (χ3v) is 4.07. The Morgan fingerprint density at radius 3 is 2.70 bits per heavy atom. The third kappa shape index (κ3) is 3.30. The zero-order valence-corrected chi connectivity index (χ0v) is 14.1. The van der Waals surface area contributed by atoms with Gasteiger partial charge in [0, 0.05) is 28.2 Å². The number of H-pyrrole nitrogens is 1. The molecule has 2 aromatic rings. The molecule has 1 unspecified atom stereocenters. The lowest BCUT2D eigenvalue weighted by atomic mass is 9.95. The van der Waals surface area contributed by atoms with E-state index < -0.39 is 0 Å². The number of aromatic nitrogens is 2. The van der Waals surface area contributed by atoms with Crippen molar-refractivity contribution in [3.8, 4) is 11.3 Å². The average molecular weight is 336 g/mol. The summed E-state index contributed by atoms with van der Waals surface area (Å²) in [5.74, 6) is 2.02. The fourth-order valence-corrected chi connectivity index (χ4v) is 2.84. The maximum Gasteiger partial charge on any atom is 0.111 e. The van der Waals surface area contributed by atoms with Gasteiger partial charge in [0.1, 0.15) is 5.82 Å². The Morgan fingerprint density at radius 1 is 1.35 bits per heavy atom. The number of nitrogens with one attached hydrogen (secondary N) is 2. The van der Waals surface area contributed by atoms with E-state index in [2.05, 4.69) is 59.1 Å². The van der Waals surface area contributed by atoms with E-state index in [0.29, 0.717) is 11.8 Å². The van der Waals surface area contributed by atoms with Crippen LogP contribution in [0.5, 0.6) is 0 Å². The molecule has 1 aromatic heterocycles. The van der Waals surface area contributed by atoms with Crippen LogP contribution in [-0.4, -0.2) is 23.6 Å². The van der Waals surface area contributed by atoms with E-state index in [1.165, 1.54) is 0 Å². The number of halogens is 1. The van der Waals surface area contributed by atoms with E-state index in [4.69, 9.17) is 4.98 Å². The van der Waals surface area contributed by atoms with Crippen molar-refractivity contribution in [1.29, 1.82) is 0 Å². The molecular weight excluding hydrogens is 314 g/mol. The van der Waals surface area contributed by atoms with Crippen molar-refractivity contribution in [2.75, 3.05) is 13.6 Å². The Labute approximate surface area is 129 Å². The highest BCUT2D eigenvalue weighted by Gasteiger charge is 2.20. The Kier molecular flexibility index (Phi) is 5.00. The van der Waals surface area contributed by atoms with Crippen LogP contribution in [-0.2, 0) is 0 Å². The van der Waals surface area contributed by atoms with E-state index >= 15 is 0 Å².